The zero-order valence-corrected chi connectivity index (χ0v) is 22.0. The number of thioether (sulfide) groups is 1. The molecule has 0 aromatic heterocycles. The van der Waals surface area contributed by atoms with Gasteiger partial charge in [0.25, 0.3) is 0 Å². The Kier molecular flexibility index (Phi) is 20.4. The van der Waals surface area contributed by atoms with E-state index in [0.29, 0.717) is 12.2 Å². The lowest BCUT2D eigenvalue weighted by Crippen LogP contribution is -2.22. The average Bonchev–Trinajstić information content (AvgIpc) is 2.72. The molecule has 0 aromatic carbocycles. The van der Waals surface area contributed by atoms with Crippen molar-refractivity contribution in [2.75, 3.05) is 37.4 Å². The van der Waals surface area contributed by atoms with Crippen molar-refractivity contribution >= 4 is 27.2 Å². The van der Waals surface area contributed by atoms with E-state index in [1.165, 1.54) is 25.7 Å². The van der Waals surface area contributed by atoms with E-state index in [1.54, 1.807) is 11.8 Å². The van der Waals surface area contributed by atoms with Crippen LogP contribution < -0.4 is 5.73 Å². The minimum atomic E-state index is -4.26. The lowest BCUT2D eigenvalue weighted by molar-refractivity contribution is 0.0910. The van der Waals surface area contributed by atoms with Gasteiger partial charge in [0.2, 0.25) is 0 Å². The van der Waals surface area contributed by atoms with Crippen LogP contribution in [0.3, 0.4) is 0 Å². The van der Waals surface area contributed by atoms with Crippen molar-refractivity contribution in [2.45, 2.75) is 90.6 Å². The Morgan fingerprint density at radius 3 is 2.06 bits per heavy atom. The molecule has 0 amide bonds. The van der Waals surface area contributed by atoms with Gasteiger partial charge in [0.15, 0.2) is 0 Å². The third kappa shape index (κ3) is 20.9. The first-order valence-electron chi connectivity index (χ1n) is 11.7. The molecule has 0 radical (unpaired) electrons. The van der Waals surface area contributed by atoms with E-state index in [-0.39, 0.29) is 25.9 Å². The molecule has 2 unspecified atom stereocenters. The molecule has 188 valence electrons. The molecule has 0 aromatic rings. The third-order valence-electron chi connectivity index (χ3n) is 4.60. The smallest absolute Gasteiger partial charge is 0.328 e. The summed E-state index contributed by atoms with van der Waals surface area (Å²) in [4.78, 5) is 19.9. The van der Waals surface area contributed by atoms with Crippen LogP contribution in [0.2, 0.25) is 0 Å². The van der Waals surface area contributed by atoms with E-state index in [0.717, 1.165) is 44.3 Å². The van der Waals surface area contributed by atoms with Gasteiger partial charge in [-0.1, -0.05) is 71.6 Å². The predicted octanol–water partition coefficient (Wildman–Crippen LogP) is 5.71. The second-order valence-corrected chi connectivity index (χ2v) is 12.3. The van der Waals surface area contributed by atoms with Crippen LogP contribution in [0.15, 0.2) is 0 Å². The Balaban J connectivity index is 4.50. The first-order valence-corrected chi connectivity index (χ1v) is 16.1. The van der Waals surface area contributed by atoms with Crippen LogP contribution in [0.25, 0.3) is 0 Å². The van der Waals surface area contributed by atoms with Crippen molar-refractivity contribution in [1.82, 2.24) is 0 Å². The highest BCUT2D eigenvalue weighted by Gasteiger charge is 2.28. The van der Waals surface area contributed by atoms with Crippen molar-refractivity contribution in [3.63, 3.8) is 0 Å². The summed E-state index contributed by atoms with van der Waals surface area (Å²) in [7, 11) is -8.06. The molecule has 0 rings (SSSR count). The van der Waals surface area contributed by atoms with Gasteiger partial charge in [-0.3, -0.25) is 13.6 Å². The molecule has 0 bridgehead atoms. The maximum atomic E-state index is 12.5. The second kappa shape index (κ2) is 20.0. The highest BCUT2D eigenvalue weighted by Crippen LogP contribution is 2.47. The molecular weight excluding hydrogens is 460 g/mol. The number of phosphoric ester groups is 1. The molecule has 31 heavy (non-hydrogen) atoms. The van der Waals surface area contributed by atoms with E-state index in [9.17, 15) is 18.9 Å². The van der Waals surface area contributed by atoms with Crippen LogP contribution in [0.1, 0.15) is 84.5 Å². The van der Waals surface area contributed by atoms with E-state index < -0.39 is 21.5 Å². The van der Waals surface area contributed by atoms with Gasteiger partial charge in [0, 0.05) is 18.5 Å². The molecule has 0 saturated carbocycles. The lowest BCUT2D eigenvalue weighted by Gasteiger charge is -2.22. The maximum absolute atomic E-state index is 12.5. The number of hydrogen-bond acceptors (Lipinski definition) is 7. The third-order valence-corrected chi connectivity index (χ3v) is 8.28. The fraction of sp³-hybridized carbons (Fsp3) is 1.00. The molecule has 0 spiro atoms. The van der Waals surface area contributed by atoms with Crippen molar-refractivity contribution in [1.29, 1.82) is 0 Å². The molecule has 4 N–H and O–H groups in total. The minimum Gasteiger partial charge on any atom is -0.328 e. The summed E-state index contributed by atoms with van der Waals surface area (Å²) in [5.41, 5.74) is 5.27. The normalized spacial score (nSPS) is 16.7. The van der Waals surface area contributed by atoms with Gasteiger partial charge in [-0.05, 0) is 18.6 Å². The summed E-state index contributed by atoms with van der Waals surface area (Å²) in [6, 6.07) is 0. The van der Waals surface area contributed by atoms with Crippen molar-refractivity contribution in [3.8, 4) is 0 Å². The Morgan fingerprint density at radius 1 is 0.871 bits per heavy atom. The fourth-order valence-electron chi connectivity index (χ4n) is 2.89. The Bertz CT molecular complexity index is 514. The largest absolute Gasteiger partial charge is 0.472 e. The van der Waals surface area contributed by atoms with Gasteiger partial charge in [-0.25, -0.2) is 4.57 Å². The van der Waals surface area contributed by atoms with E-state index in [2.05, 4.69) is 13.8 Å². The topological polar surface area (TPSA) is 128 Å². The van der Waals surface area contributed by atoms with Crippen LogP contribution in [-0.2, 0) is 22.7 Å². The first kappa shape index (κ1) is 31.6. The summed E-state index contributed by atoms with van der Waals surface area (Å²) in [5, 5.41) is 0. The molecule has 11 heteroatoms. The van der Waals surface area contributed by atoms with Gasteiger partial charge < -0.3 is 20.0 Å². The average molecular weight is 506 g/mol. The number of hydrogen-bond donors (Lipinski definition) is 3. The lowest BCUT2D eigenvalue weighted by atomic mass is 10.1. The zero-order valence-electron chi connectivity index (χ0n) is 19.4. The van der Waals surface area contributed by atoms with Crippen molar-refractivity contribution in [2.24, 2.45) is 5.73 Å². The van der Waals surface area contributed by atoms with Gasteiger partial charge in [-0.15, -0.1) is 0 Å². The van der Waals surface area contributed by atoms with Gasteiger partial charge >= 0.3 is 15.4 Å². The molecule has 0 saturated heterocycles. The number of rotatable bonds is 23. The molecule has 0 aliphatic rings. The summed E-state index contributed by atoms with van der Waals surface area (Å²) in [6.45, 7) is 4.00. The molecule has 0 heterocycles. The molecule has 3 atom stereocenters. The summed E-state index contributed by atoms with van der Waals surface area (Å²) >= 11 is 1.60. The molecule has 0 aliphatic heterocycles. The van der Waals surface area contributed by atoms with Gasteiger partial charge in [0.1, 0.15) is 6.10 Å². The number of phosphoric acid groups is 1. The van der Waals surface area contributed by atoms with Crippen LogP contribution in [0.4, 0.5) is 0 Å². The summed E-state index contributed by atoms with van der Waals surface area (Å²) in [5.74, 6) is 1.31. The standard InChI is InChI=1S/C20H45NO7P2S/c1-3-5-7-9-11-13-17-31-19-20(18-27-30(24,25)26-15-14-21)28-29(22,23)16-12-10-8-6-4-2/h20H,3-19,21H2,1-2H3,(H,22,23)(H,24,25)/t20-/m1/s1. The van der Waals surface area contributed by atoms with Crippen LogP contribution in [0.5, 0.6) is 0 Å². The summed E-state index contributed by atoms with van der Waals surface area (Å²) in [6.07, 6.45) is 11.2. The fourth-order valence-corrected chi connectivity index (χ4v) is 6.09. The van der Waals surface area contributed by atoms with Crippen molar-refractivity contribution in [3.05, 3.63) is 0 Å². The number of nitrogens with two attached hydrogens (primary N) is 1. The summed E-state index contributed by atoms with van der Waals surface area (Å²) < 4.78 is 39.5. The zero-order chi connectivity index (χ0) is 23.4. The highest BCUT2D eigenvalue weighted by molar-refractivity contribution is 7.99. The first-order chi connectivity index (χ1) is 14.8. The maximum Gasteiger partial charge on any atom is 0.472 e. The van der Waals surface area contributed by atoms with Crippen LogP contribution in [-0.4, -0.2) is 53.3 Å². The Morgan fingerprint density at radius 2 is 1.45 bits per heavy atom. The van der Waals surface area contributed by atoms with E-state index >= 15 is 0 Å². The minimum absolute atomic E-state index is 0.0791. The monoisotopic (exact) mass is 505 g/mol. The van der Waals surface area contributed by atoms with Crippen LogP contribution >= 0.6 is 27.2 Å². The van der Waals surface area contributed by atoms with Gasteiger partial charge in [-0.2, -0.15) is 11.8 Å². The number of unbranched alkanes of at least 4 members (excludes halogenated alkanes) is 9. The van der Waals surface area contributed by atoms with E-state index in [4.69, 9.17) is 19.3 Å². The SMILES string of the molecule is CCCCCCCCSC[C@@H](COP(=O)(O)OCCN)OP(=O)(O)CCCCCCC. The van der Waals surface area contributed by atoms with Crippen molar-refractivity contribution < 1.29 is 32.5 Å². The Labute approximate surface area is 193 Å². The molecule has 0 aliphatic carbocycles. The van der Waals surface area contributed by atoms with Gasteiger partial charge in [0.05, 0.1) is 13.2 Å². The van der Waals surface area contributed by atoms with Crippen LogP contribution in [0, 0.1) is 0 Å². The second-order valence-electron chi connectivity index (χ2n) is 7.73. The molecule has 0 fully saturated rings. The quantitative estimate of drug-likeness (QED) is 0.118. The highest BCUT2D eigenvalue weighted by atomic mass is 32.2. The molecular formula is C20H45NO7P2S. The van der Waals surface area contributed by atoms with E-state index in [1.807, 2.05) is 0 Å². The predicted molar refractivity (Wildman–Crippen MR) is 130 cm³/mol. The Hall–Kier alpha value is 0.570. The molecule has 8 nitrogen and oxygen atoms in total.